The van der Waals surface area contributed by atoms with Gasteiger partial charge in [-0.1, -0.05) is 12.1 Å². The zero-order valence-corrected chi connectivity index (χ0v) is 14.5. The molecule has 1 aromatic carbocycles. The molecule has 3 rings (SSSR count). The first-order valence-electron chi connectivity index (χ1n) is 7.97. The molecule has 0 aliphatic rings. The van der Waals surface area contributed by atoms with Gasteiger partial charge in [-0.25, -0.2) is 4.98 Å². The summed E-state index contributed by atoms with van der Waals surface area (Å²) in [4.78, 5) is 22.7. The fraction of sp³-hybridized carbons (Fsp3) is 0.250. The fourth-order valence-corrected chi connectivity index (χ4v) is 2.63. The van der Waals surface area contributed by atoms with E-state index in [2.05, 4.69) is 24.0 Å². The molecule has 0 N–H and O–H groups in total. The van der Waals surface area contributed by atoms with E-state index >= 15 is 0 Å². The molecule has 0 fully saturated rings. The van der Waals surface area contributed by atoms with Gasteiger partial charge < -0.3 is 4.90 Å². The lowest BCUT2D eigenvalue weighted by atomic mass is 10.0. The van der Waals surface area contributed by atoms with E-state index in [1.165, 1.54) is 0 Å². The highest BCUT2D eigenvalue weighted by Gasteiger charge is 2.10. The Morgan fingerprint density at radius 1 is 1.04 bits per heavy atom. The van der Waals surface area contributed by atoms with E-state index in [9.17, 15) is 4.79 Å². The van der Waals surface area contributed by atoms with Gasteiger partial charge in [0.2, 0.25) is 5.91 Å². The molecule has 0 radical (unpaired) electrons. The lowest BCUT2D eigenvalue weighted by Gasteiger charge is -2.11. The molecule has 2 aromatic heterocycles. The summed E-state index contributed by atoms with van der Waals surface area (Å²) >= 11 is 0. The summed E-state index contributed by atoms with van der Waals surface area (Å²) in [6.45, 7) is 4.09. The average molecular weight is 319 g/mol. The van der Waals surface area contributed by atoms with Crippen LogP contribution in [-0.4, -0.2) is 34.9 Å². The minimum Gasteiger partial charge on any atom is -0.349 e. The molecule has 0 bridgehead atoms. The number of rotatable bonds is 3. The molecule has 0 spiro atoms. The Kier molecular flexibility index (Phi) is 4.30. The Labute approximate surface area is 142 Å². The van der Waals surface area contributed by atoms with E-state index in [1.807, 2.05) is 37.4 Å². The van der Waals surface area contributed by atoms with Crippen LogP contribution in [0, 0.1) is 13.8 Å². The molecule has 2 heterocycles. The average Bonchev–Trinajstić information content (AvgIpc) is 2.55. The van der Waals surface area contributed by atoms with Gasteiger partial charge in [0.1, 0.15) is 0 Å². The van der Waals surface area contributed by atoms with Gasteiger partial charge in [0.15, 0.2) is 0 Å². The normalized spacial score (nSPS) is 10.8. The standard InChI is InChI=1S/C20H21N3O/c1-13-5-7-18(21-12-13)19-9-14(2)16-10-15(6-8-17(16)22-19)11-20(24)23(3)4/h5-10,12H,11H2,1-4H3. The summed E-state index contributed by atoms with van der Waals surface area (Å²) in [6, 6.07) is 12.1. The molecule has 1 amide bonds. The van der Waals surface area contributed by atoms with Gasteiger partial charge in [-0.05, 0) is 54.8 Å². The third-order valence-corrected chi connectivity index (χ3v) is 4.11. The fourth-order valence-electron chi connectivity index (χ4n) is 2.63. The molecule has 0 saturated heterocycles. The van der Waals surface area contributed by atoms with Crippen molar-refractivity contribution >= 4 is 16.8 Å². The second kappa shape index (κ2) is 6.40. The first-order chi connectivity index (χ1) is 11.4. The quantitative estimate of drug-likeness (QED) is 0.742. The Bertz CT molecular complexity index is 899. The number of hydrogen-bond acceptors (Lipinski definition) is 3. The van der Waals surface area contributed by atoms with Crippen molar-refractivity contribution in [1.82, 2.24) is 14.9 Å². The maximum atomic E-state index is 11.9. The molecule has 0 aliphatic carbocycles. The van der Waals surface area contributed by atoms with E-state index in [0.29, 0.717) is 6.42 Å². The number of pyridine rings is 2. The van der Waals surface area contributed by atoms with E-state index < -0.39 is 0 Å². The first-order valence-corrected chi connectivity index (χ1v) is 7.97. The number of fused-ring (bicyclic) bond motifs is 1. The molecule has 4 heteroatoms. The van der Waals surface area contributed by atoms with Crippen LogP contribution in [0.4, 0.5) is 0 Å². The van der Waals surface area contributed by atoms with E-state index in [0.717, 1.165) is 39.0 Å². The molecule has 24 heavy (non-hydrogen) atoms. The highest BCUT2D eigenvalue weighted by Crippen LogP contribution is 2.24. The predicted molar refractivity (Wildman–Crippen MR) is 96.8 cm³/mol. The summed E-state index contributed by atoms with van der Waals surface area (Å²) < 4.78 is 0. The van der Waals surface area contributed by atoms with Crippen LogP contribution in [-0.2, 0) is 11.2 Å². The molecule has 0 aliphatic heterocycles. The zero-order valence-electron chi connectivity index (χ0n) is 14.5. The number of amides is 1. The van der Waals surface area contributed by atoms with Crippen molar-refractivity contribution in [2.45, 2.75) is 20.3 Å². The zero-order chi connectivity index (χ0) is 17.3. The minimum absolute atomic E-state index is 0.0976. The van der Waals surface area contributed by atoms with Gasteiger partial charge in [0, 0.05) is 25.7 Å². The Morgan fingerprint density at radius 2 is 1.83 bits per heavy atom. The van der Waals surface area contributed by atoms with Crippen molar-refractivity contribution in [2.75, 3.05) is 14.1 Å². The molecule has 0 atom stereocenters. The van der Waals surface area contributed by atoms with Crippen LogP contribution in [0.1, 0.15) is 16.7 Å². The highest BCUT2D eigenvalue weighted by molar-refractivity contribution is 5.87. The summed E-state index contributed by atoms with van der Waals surface area (Å²) in [5.41, 5.74) is 5.94. The number of carbonyl (C=O) groups is 1. The second-order valence-corrected chi connectivity index (χ2v) is 6.36. The largest absolute Gasteiger partial charge is 0.349 e. The number of nitrogens with zero attached hydrogens (tertiary/aromatic N) is 3. The molecule has 4 nitrogen and oxygen atoms in total. The first kappa shape index (κ1) is 16.1. The number of carbonyl (C=O) groups excluding carboxylic acids is 1. The number of hydrogen-bond donors (Lipinski definition) is 0. The van der Waals surface area contributed by atoms with Gasteiger partial charge in [-0.15, -0.1) is 0 Å². The smallest absolute Gasteiger partial charge is 0.226 e. The maximum Gasteiger partial charge on any atom is 0.226 e. The van der Waals surface area contributed by atoms with Crippen molar-refractivity contribution in [2.24, 2.45) is 0 Å². The van der Waals surface area contributed by atoms with Crippen LogP contribution in [0.3, 0.4) is 0 Å². The van der Waals surface area contributed by atoms with Crippen LogP contribution >= 0.6 is 0 Å². The van der Waals surface area contributed by atoms with Crippen LogP contribution in [0.5, 0.6) is 0 Å². The van der Waals surface area contributed by atoms with Gasteiger partial charge in [-0.2, -0.15) is 0 Å². The molecule has 0 unspecified atom stereocenters. The van der Waals surface area contributed by atoms with Crippen LogP contribution < -0.4 is 0 Å². The van der Waals surface area contributed by atoms with E-state index in [1.54, 1.807) is 19.0 Å². The maximum absolute atomic E-state index is 11.9. The van der Waals surface area contributed by atoms with Crippen molar-refractivity contribution in [3.05, 3.63) is 59.3 Å². The number of likely N-dealkylation sites (N-methyl/N-ethyl adjacent to an activating group) is 1. The van der Waals surface area contributed by atoms with Crippen molar-refractivity contribution in [3.8, 4) is 11.4 Å². The van der Waals surface area contributed by atoms with Crippen molar-refractivity contribution in [3.63, 3.8) is 0 Å². The topological polar surface area (TPSA) is 46.1 Å². The van der Waals surface area contributed by atoms with E-state index in [-0.39, 0.29) is 5.91 Å². The lowest BCUT2D eigenvalue weighted by molar-refractivity contribution is -0.127. The molecular formula is C20H21N3O. The Morgan fingerprint density at radius 3 is 2.50 bits per heavy atom. The Balaban J connectivity index is 2.00. The number of benzene rings is 1. The summed E-state index contributed by atoms with van der Waals surface area (Å²) in [5.74, 6) is 0.0976. The molecule has 3 aromatic rings. The van der Waals surface area contributed by atoms with E-state index in [4.69, 9.17) is 4.98 Å². The second-order valence-electron chi connectivity index (χ2n) is 6.36. The van der Waals surface area contributed by atoms with Crippen molar-refractivity contribution in [1.29, 1.82) is 0 Å². The summed E-state index contributed by atoms with van der Waals surface area (Å²) in [6.07, 6.45) is 2.26. The van der Waals surface area contributed by atoms with Crippen LogP contribution in [0.2, 0.25) is 0 Å². The minimum atomic E-state index is 0.0976. The highest BCUT2D eigenvalue weighted by atomic mass is 16.2. The summed E-state index contributed by atoms with van der Waals surface area (Å²) in [5, 5.41) is 1.08. The van der Waals surface area contributed by atoms with Gasteiger partial charge in [0.25, 0.3) is 0 Å². The van der Waals surface area contributed by atoms with Crippen LogP contribution in [0.25, 0.3) is 22.3 Å². The molecule has 0 saturated carbocycles. The van der Waals surface area contributed by atoms with Crippen LogP contribution in [0.15, 0.2) is 42.6 Å². The third kappa shape index (κ3) is 3.27. The lowest BCUT2D eigenvalue weighted by Crippen LogP contribution is -2.23. The third-order valence-electron chi connectivity index (χ3n) is 4.11. The molecule has 122 valence electrons. The SMILES string of the molecule is Cc1ccc(-c2cc(C)c3cc(CC(=O)N(C)C)ccc3n2)nc1. The number of aromatic nitrogens is 2. The van der Waals surface area contributed by atoms with Gasteiger partial charge in [0.05, 0.1) is 23.3 Å². The summed E-state index contributed by atoms with van der Waals surface area (Å²) in [7, 11) is 3.55. The predicted octanol–water partition coefficient (Wildman–Crippen LogP) is 3.54. The monoisotopic (exact) mass is 319 g/mol. The van der Waals surface area contributed by atoms with Gasteiger partial charge in [-0.3, -0.25) is 9.78 Å². The number of aryl methyl sites for hydroxylation is 2. The van der Waals surface area contributed by atoms with Gasteiger partial charge >= 0.3 is 0 Å². The molecular weight excluding hydrogens is 298 g/mol. The van der Waals surface area contributed by atoms with Crippen molar-refractivity contribution < 1.29 is 4.79 Å². The Hall–Kier alpha value is -2.75.